The zero-order valence-corrected chi connectivity index (χ0v) is 11.8. The van der Waals surface area contributed by atoms with E-state index in [1.807, 2.05) is 13.8 Å². The topological polar surface area (TPSA) is 36.4 Å². The summed E-state index contributed by atoms with van der Waals surface area (Å²) >= 11 is 1.66. The number of aliphatic hydroxyl groups excluding tert-OH is 1. The van der Waals surface area contributed by atoms with Crippen LogP contribution in [0.1, 0.15) is 56.2 Å². The molecule has 0 amide bonds. The van der Waals surface area contributed by atoms with E-state index in [9.17, 15) is 5.11 Å². The van der Waals surface area contributed by atoms with Crippen LogP contribution >= 0.6 is 11.3 Å². The molecule has 1 aromatic rings. The fourth-order valence-corrected chi connectivity index (χ4v) is 3.68. The van der Waals surface area contributed by atoms with Crippen molar-refractivity contribution in [2.24, 2.45) is 0 Å². The number of aromatic nitrogens is 1. The number of hydrogen-bond acceptors (Lipinski definition) is 4. The Balaban J connectivity index is 2.23. The highest BCUT2D eigenvalue weighted by atomic mass is 32.1. The summed E-state index contributed by atoms with van der Waals surface area (Å²) in [6, 6.07) is 0.635. The number of hydrogen-bond donors (Lipinski definition) is 1. The standard InChI is InChI=1S/C13H22N2OS/c1-4-11-7-5-6-8-15(11)13-14-9(2)12(17-13)10(3)16/h10-11,16H,4-8H2,1-3H3. The van der Waals surface area contributed by atoms with Gasteiger partial charge in [-0.3, -0.25) is 0 Å². The zero-order valence-electron chi connectivity index (χ0n) is 10.9. The minimum Gasteiger partial charge on any atom is -0.388 e. The molecule has 0 spiro atoms. The first-order chi connectivity index (χ1) is 8.13. The Morgan fingerprint density at radius 1 is 1.53 bits per heavy atom. The van der Waals surface area contributed by atoms with E-state index in [1.54, 1.807) is 11.3 Å². The predicted octanol–water partition coefficient (Wildman–Crippen LogP) is 3.27. The molecule has 1 aromatic heterocycles. The van der Waals surface area contributed by atoms with Crippen molar-refractivity contribution in [2.75, 3.05) is 11.4 Å². The van der Waals surface area contributed by atoms with Crippen LogP contribution in [-0.4, -0.2) is 22.7 Å². The first-order valence-electron chi connectivity index (χ1n) is 6.55. The summed E-state index contributed by atoms with van der Waals surface area (Å²) < 4.78 is 0. The van der Waals surface area contributed by atoms with Crippen molar-refractivity contribution >= 4 is 16.5 Å². The van der Waals surface area contributed by atoms with Gasteiger partial charge >= 0.3 is 0 Å². The normalized spacial score (nSPS) is 22.8. The second kappa shape index (κ2) is 5.36. The molecule has 0 bridgehead atoms. The van der Waals surface area contributed by atoms with Crippen LogP contribution in [0, 0.1) is 6.92 Å². The quantitative estimate of drug-likeness (QED) is 0.899. The van der Waals surface area contributed by atoms with Crippen LogP contribution < -0.4 is 4.90 Å². The molecule has 2 rings (SSSR count). The maximum Gasteiger partial charge on any atom is 0.186 e. The van der Waals surface area contributed by atoms with Gasteiger partial charge in [0.15, 0.2) is 5.13 Å². The van der Waals surface area contributed by atoms with Gasteiger partial charge in [-0.2, -0.15) is 0 Å². The minimum absolute atomic E-state index is 0.397. The molecule has 2 unspecified atom stereocenters. The van der Waals surface area contributed by atoms with E-state index in [4.69, 9.17) is 0 Å². The summed E-state index contributed by atoms with van der Waals surface area (Å²) in [7, 11) is 0. The molecule has 0 saturated carbocycles. The lowest BCUT2D eigenvalue weighted by molar-refractivity contribution is 0.202. The summed E-state index contributed by atoms with van der Waals surface area (Å²) in [4.78, 5) is 8.09. The van der Waals surface area contributed by atoms with Gasteiger partial charge in [-0.1, -0.05) is 18.3 Å². The third kappa shape index (κ3) is 2.63. The van der Waals surface area contributed by atoms with Crippen LogP contribution in [0.15, 0.2) is 0 Å². The zero-order chi connectivity index (χ0) is 12.4. The van der Waals surface area contributed by atoms with Gasteiger partial charge in [-0.05, 0) is 39.5 Å². The molecule has 4 heteroatoms. The van der Waals surface area contributed by atoms with Gasteiger partial charge < -0.3 is 10.0 Å². The molecule has 1 aliphatic rings. The first-order valence-corrected chi connectivity index (χ1v) is 7.37. The number of aryl methyl sites for hydroxylation is 1. The molecular formula is C13H22N2OS. The lowest BCUT2D eigenvalue weighted by Crippen LogP contribution is -2.39. The highest BCUT2D eigenvalue weighted by Crippen LogP contribution is 2.34. The first kappa shape index (κ1) is 12.8. The van der Waals surface area contributed by atoms with Crippen LogP contribution in [0.3, 0.4) is 0 Å². The summed E-state index contributed by atoms with van der Waals surface area (Å²) in [6.07, 6.45) is 4.66. The molecule has 2 atom stereocenters. The summed E-state index contributed by atoms with van der Waals surface area (Å²) in [5.41, 5.74) is 0.987. The Labute approximate surface area is 107 Å². The van der Waals surface area contributed by atoms with E-state index < -0.39 is 6.10 Å². The van der Waals surface area contributed by atoms with E-state index in [0.717, 1.165) is 22.2 Å². The molecule has 0 radical (unpaired) electrons. The van der Waals surface area contributed by atoms with Crippen LogP contribution in [0.25, 0.3) is 0 Å². The summed E-state index contributed by atoms with van der Waals surface area (Å²) in [5, 5.41) is 10.8. The lowest BCUT2D eigenvalue weighted by atomic mass is 10.0. The molecule has 0 aromatic carbocycles. The fraction of sp³-hybridized carbons (Fsp3) is 0.769. The molecule has 17 heavy (non-hydrogen) atoms. The van der Waals surface area contributed by atoms with Crippen molar-refractivity contribution in [1.82, 2.24) is 4.98 Å². The second-order valence-electron chi connectivity index (χ2n) is 4.87. The summed E-state index contributed by atoms with van der Waals surface area (Å²) in [6.45, 7) is 7.18. The van der Waals surface area contributed by atoms with E-state index in [1.165, 1.54) is 25.7 Å². The Bertz CT molecular complexity index is 375. The monoisotopic (exact) mass is 254 g/mol. The third-order valence-electron chi connectivity index (χ3n) is 3.54. The number of rotatable bonds is 3. The van der Waals surface area contributed by atoms with Gasteiger partial charge in [0.25, 0.3) is 0 Å². The van der Waals surface area contributed by atoms with Gasteiger partial charge in [-0.25, -0.2) is 4.98 Å². The largest absolute Gasteiger partial charge is 0.388 e. The Morgan fingerprint density at radius 2 is 2.29 bits per heavy atom. The molecular weight excluding hydrogens is 232 g/mol. The number of thiazole rings is 1. The van der Waals surface area contributed by atoms with Crippen molar-refractivity contribution in [2.45, 2.75) is 58.6 Å². The fourth-order valence-electron chi connectivity index (χ4n) is 2.58. The molecule has 2 heterocycles. The maximum atomic E-state index is 9.69. The average Bonchev–Trinajstić information content (AvgIpc) is 2.71. The van der Waals surface area contributed by atoms with E-state index >= 15 is 0 Å². The Kier molecular flexibility index (Phi) is 4.05. The van der Waals surface area contributed by atoms with Crippen LogP contribution in [0.2, 0.25) is 0 Å². The van der Waals surface area contributed by atoms with Crippen molar-refractivity contribution in [3.05, 3.63) is 10.6 Å². The van der Waals surface area contributed by atoms with Crippen molar-refractivity contribution in [3.8, 4) is 0 Å². The maximum absolute atomic E-state index is 9.69. The lowest BCUT2D eigenvalue weighted by Gasteiger charge is -2.35. The molecule has 1 saturated heterocycles. The second-order valence-corrected chi connectivity index (χ2v) is 5.88. The van der Waals surface area contributed by atoms with Crippen LogP contribution in [0.4, 0.5) is 5.13 Å². The molecule has 0 aliphatic carbocycles. The Morgan fingerprint density at radius 3 is 2.88 bits per heavy atom. The minimum atomic E-state index is -0.397. The molecule has 96 valence electrons. The van der Waals surface area contributed by atoms with Gasteiger partial charge in [0.1, 0.15) is 0 Å². The number of nitrogens with zero attached hydrogens (tertiary/aromatic N) is 2. The van der Waals surface area contributed by atoms with Crippen molar-refractivity contribution in [3.63, 3.8) is 0 Å². The average molecular weight is 254 g/mol. The third-order valence-corrected chi connectivity index (χ3v) is 4.91. The SMILES string of the molecule is CCC1CCCCN1c1nc(C)c(C(C)O)s1. The van der Waals surface area contributed by atoms with Gasteiger partial charge in [0, 0.05) is 12.6 Å². The van der Waals surface area contributed by atoms with Crippen molar-refractivity contribution < 1.29 is 5.11 Å². The number of anilines is 1. The van der Waals surface area contributed by atoms with E-state index in [-0.39, 0.29) is 0 Å². The van der Waals surface area contributed by atoms with E-state index in [0.29, 0.717) is 6.04 Å². The summed E-state index contributed by atoms with van der Waals surface area (Å²) in [5.74, 6) is 0. The highest BCUT2D eigenvalue weighted by Gasteiger charge is 2.24. The van der Waals surface area contributed by atoms with E-state index in [2.05, 4.69) is 16.8 Å². The van der Waals surface area contributed by atoms with Crippen LogP contribution in [-0.2, 0) is 0 Å². The smallest absolute Gasteiger partial charge is 0.186 e. The van der Waals surface area contributed by atoms with Crippen molar-refractivity contribution in [1.29, 1.82) is 0 Å². The molecule has 1 fully saturated rings. The Hall–Kier alpha value is -0.610. The van der Waals surface area contributed by atoms with Crippen LogP contribution in [0.5, 0.6) is 0 Å². The molecule has 1 N–H and O–H groups in total. The van der Waals surface area contributed by atoms with Gasteiger partial charge in [0.2, 0.25) is 0 Å². The number of piperidine rings is 1. The molecule has 3 nitrogen and oxygen atoms in total. The highest BCUT2D eigenvalue weighted by molar-refractivity contribution is 7.15. The predicted molar refractivity (Wildman–Crippen MR) is 72.8 cm³/mol. The molecule has 1 aliphatic heterocycles. The van der Waals surface area contributed by atoms with Gasteiger partial charge in [0.05, 0.1) is 16.7 Å². The number of aliphatic hydroxyl groups is 1. The van der Waals surface area contributed by atoms with Gasteiger partial charge in [-0.15, -0.1) is 0 Å².